The Bertz CT molecular complexity index is 742. The summed E-state index contributed by atoms with van der Waals surface area (Å²) in [5, 5.41) is 3.99. The number of piperidine rings is 1. The number of halogens is 2. The number of amides is 2. The van der Waals surface area contributed by atoms with E-state index in [1.54, 1.807) is 30.2 Å². The third-order valence-electron chi connectivity index (χ3n) is 6.37. The van der Waals surface area contributed by atoms with Gasteiger partial charge < -0.3 is 19.9 Å². The lowest BCUT2D eigenvalue weighted by molar-refractivity contribution is -0.137. The smallest absolute Gasteiger partial charge is 0.228 e. The highest BCUT2D eigenvalue weighted by Gasteiger charge is 2.42. The van der Waals surface area contributed by atoms with Gasteiger partial charge in [0.1, 0.15) is 5.75 Å². The van der Waals surface area contributed by atoms with Crippen LogP contribution in [0.2, 0.25) is 5.02 Å². The Labute approximate surface area is 176 Å². The lowest BCUT2D eigenvalue weighted by atomic mass is 9.77. The molecule has 1 atom stereocenters. The summed E-state index contributed by atoms with van der Waals surface area (Å²) in [6.07, 6.45) is 3.56. The van der Waals surface area contributed by atoms with E-state index >= 15 is 0 Å². The van der Waals surface area contributed by atoms with Crippen LogP contribution in [0.15, 0.2) is 18.2 Å². The summed E-state index contributed by atoms with van der Waals surface area (Å²) in [6, 6.07) is 5.21. The van der Waals surface area contributed by atoms with E-state index in [-0.39, 0.29) is 36.6 Å². The average molecular weight is 428 g/mol. The largest absolute Gasteiger partial charge is 0.495 e. The van der Waals surface area contributed by atoms with Crippen LogP contribution in [0.1, 0.15) is 25.7 Å². The van der Waals surface area contributed by atoms with Gasteiger partial charge in [0.25, 0.3) is 0 Å². The highest BCUT2D eigenvalue weighted by atomic mass is 35.5. The maximum Gasteiger partial charge on any atom is 0.228 e. The van der Waals surface area contributed by atoms with Crippen molar-refractivity contribution in [3.8, 4) is 5.75 Å². The van der Waals surface area contributed by atoms with Crippen LogP contribution in [0, 0.1) is 11.3 Å². The first-order valence-corrected chi connectivity index (χ1v) is 10.0. The van der Waals surface area contributed by atoms with E-state index in [0.717, 1.165) is 39.0 Å². The van der Waals surface area contributed by atoms with Crippen molar-refractivity contribution in [1.29, 1.82) is 0 Å². The van der Waals surface area contributed by atoms with E-state index < -0.39 is 0 Å². The number of hydrogen-bond acceptors (Lipinski definition) is 4. The molecule has 28 heavy (non-hydrogen) atoms. The quantitative estimate of drug-likeness (QED) is 0.805. The van der Waals surface area contributed by atoms with Crippen LogP contribution in [-0.2, 0) is 9.59 Å². The van der Waals surface area contributed by atoms with Gasteiger partial charge in [-0.25, -0.2) is 0 Å². The standard InChI is InChI=1S/C20H26ClN3O3.ClH/c1-27-17-3-2-15(21)11-16(17)24-12-14(10-18(24)25)19(26)23-8-5-20(6-9-23)4-7-22-13-20;/h2-3,11,14,22H,4-10,12-13H2,1H3;1H. The van der Waals surface area contributed by atoms with Crippen LogP contribution in [0.25, 0.3) is 0 Å². The van der Waals surface area contributed by atoms with E-state index in [4.69, 9.17) is 16.3 Å². The van der Waals surface area contributed by atoms with Gasteiger partial charge in [-0.2, -0.15) is 0 Å². The second kappa shape index (κ2) is 8.47. The van der Waals surface area contributed by atoms with Gasteiger partial charge in [0.05, 0.1) is 18.7 Å². The Balaban J connectivity index is 0.00000225. The number of nitrogens with one attached hydrogen (secondary N) is 1. The number of rotatable bonds is 3. The third kappa shape index (κ3) is 3.95. The monoisotopic (exact) mass is 427 g/mol. The molecule has 3 aliphatic rings. The Morgan fingerprint density at radius 2 is 2.04 bits per heavy atom. The predicted octanol–water partition coefficient (Wildman–Crippen LogP) is 2.73. The fourth-order valence-electron chi connectivity index (χ4n) is 4.66. The highest BCUT2D eigenvalue weighted by Crippen LogP contribution is 2.39. The normalized spacial score (nSPS) is 23.8. The number of nitrogens with zero attached hydrogens (tertiary/aromatic N) is 2. The number of anilines is 1. The summed E-state index contributed by atoms with van der Waals surface area (Å²) in [7, 11) is 1.57. The molecule has 0 aliphatic carbocycles. The minimum Gasteiger partial charge on any atom is -0.495 e. The zero-order valence-electron chi connectivity index (χ0n) is 16.1. The third-order valence-corrected chi connectivity index (χ3v) is 6.61. The number of likely N-dealkylation sites (tertiary alicyclic amines) is 1. The summed E-state index contributed by atoms with van der Waals surface area (Å²) in [5.74, 6) is 0.349. The molecular formula is C20H27Cl2N3O3. The summed E-state index contributed by atoms with van der Waals surface area (Å²) in [4.78, 5) is 29.2. The first-order valence-electron chi connectivity index (χ1n) is 9.65. The van der Waals surface area contributed by atoms with E-state index in [2.05, 4.69) is 5.32 Å². The Morgan fingerprint density at radius 1 is 1.29 bits per heavy atom. The fourth-order valence-corrected chi connectivity index (χ4v) is 4.83. The fraction of sp³-hybridized carbons (Fsp3) is 0.600. The number of methoxy groups -OCH3 is 1. The molecule has 154 valence electrons. The molecule has 4 rings (SSSR count). The first-order chi connectivity index (χ1) is 13.0. The van der Waals surface area contributed by atoms with Gasteiger partial charge in [-0.1, -0.05) is 11.6 Å². The SMILES string of the molecule is COc1ccc(Cl)cc1N1CC(C(=O)N2CCC3(CCNC3)CC2)CC1=O.Cl. The molecule has 8 heteroatoms. The molecule has 1 N–H and O–H groups in total. The molecule has 0 saturated carbocycles. The molecule has 3 heterocycles. The van der Waals surface area contributed by atoms with Gasteiger partial charge in [-0.05, 0) is 49.4 Å². The van der Waals surface area contributed by atoms with Crippen molar-refractivity contribution in [3.63, 3.8) is 0 Å². The molecule has 0 aromatic heterocycles. The van der Waals surface area contributed by atoms with Crippen molar-refractivity contribution in [1.82, 2.24) is 10.2 Å². The molecule has 1 spiro atoms. The van der Waals surface area contributed by atoms with E-state index in [1.807, 2.05) is 4.90 Å². The molecule has 0 bridgehead atoms. The number of carbonyl (C=O) groups is 2. The molecule has 1 aromatic carbocycles. The van der Waals surface area contributed by atoms with Crippen molar-refractivity contribution < 1.29 is 14.3 Å². The second-order valence-electron chi connectivity index (χ2n) is 7.97. The van der Waals surface area contributed by atoms with Crippen molar-refractivity contribution >= 4 is 41.5 Å². The van der Waals surface area contributed by atoms with Gasteiger partial charge in [-0.15, -0.1) is 12.4 Å². The Morgan fingerprint density at radius 3 is 2.68 bits per heavy atom. The zero-order chi connectivity index (χ0) is 19.0. The Hall–Kier alpha value is -1.50. The minimum atomic E-state index is -0.294. The van der Waals surface area contributed by atoms with Crippen LogP contribution < -0.4 is 15.0 Å². The topological polar surface area (TPSA) is 61.9 Å². The van der Waals surface area contributed by atoms with Gasteiger partial charge >= 0.3 is 0 Å². The Kier molecular flexibility index (Phi) is 6.42. The molecule has 3 fully saturated rings. The molecular weight excluding hydrogens is 401 g/mol. The lowest BCUT2D eigenvalue weighted by Crippen LogP contribution is -2.46. The molecule has 3 saturated heterocycles. The predicted molar refractivity (Wildman–Crippen MR) is 111 cm³/mol. The van der Waals surface area contributed by atoms with E-state index in [0.29, 0.717) is 28.4 Å². The van der Waals surface area contributed by atoms with Crippen LogP contribution >= 0.6 is 24.0 Å². The van der Waals surface area contributed by atoms with Crippen molar-refractivity contribution in [2.75, 3.05) is 44.7 Å². The average Bonchev–Trinajstić information content (AvgIpc) is 3.29. The van der Waals surface area contributed by atoms with Crippen molar-refractivity contribution in [2.45, 2.75) is 25.7 Å². The molecule has 1 unspecified atom stereocenters. The lowest BCUT2D eigenvalue weighted by Gasteiger charge is -2.39. The molecule has 6 nitrogen and oxygen atoms in total. The van der Waals surface area contributed by atoms with Crippen LogP contribution in [0.4, 0.5) is 5.69 Å². The number of hydrogen-bond donors (Lipinski definition) is 1. The summed E-state index contributed by atoms with van der Waals surface area (Å²) in [5.41, 5.74) is 1.02. The van der Waals surface area contributed by atoms with Gasteiger partial charge in [0, 0.05) is 37.6 Å². The molecule has 2 amide bonds. The highest BCUT2D eigenvalue weighted by molar-refractivity contribution is 6.31. The van der Waals surface area contributed by atoms with E-state index in [1.165, 1.54) is 6.42 Å². The van der Waals surface area contributed by atoms with Gasteiger partial charge in [-0.3, -0.25) is 9.59 Å². The maximum absolute atomic E-state index is 13.0. The van der Waals surface area contributed by atoms with Crippen LogP contribution in [0.5, 0.6) is 5.75 Å². The minimum absolute atomic E-state index is 0. The van der Waals surface area contributed by atoms with Crippen molar-refractivity contribution in [2.24, 2.45) is 11.3 Å². The summed E-state index contributed by atoms with van der Waals surface area (Å²) in [6.45, 7) is 4.13. The molecule has 1 aromatic rings. The maximum atomic E-state index is 13.0. The van der Waals surface area contributed by atoms with Gasteiger partial charge in [0.2, 0.25) is 11.8 Å². The van der Waals surface area contributed by atoms with Crippen LogP contribution in [0.3, 0.4) is 0 Å². The van der Waals surface area contributed by atoms with E-state index in [9.17, 15) is 9.59 Å². The second-order valence-corrected chi connectivity index (χ2v) is 8.41. The first kappa shape index (κ1) is 21.2. The summed E-state index contributed by atoms with van der Waals surface area (Å²) < 4.78 is 5.37. The molecule has 3 aliphatic heterocycles. The summed E-state index contributed by atoms with van der Waals surface area (Å²) >= 11 is 6.11. The van der Waals surface area contributed by atoms with Crippen molar-refractivity contribution in [3.05, 3.63) is 23.2 Å². The van der Waals surface area contributed by atoms with Crippen LogP contribution in [-0.4, -0.2) is 56.5 Å². The number of carbonyl (C=O) groups excluding carboxylic acids is 2. The van der Waals surface area contributed by atoms with Gasteiger partial charge in [0.15, 0.2) is 0 Å². The zero-order valence-corrected chi connectivity index (χ0v) is 17.7. The number of ether oxygens (including phenoxy) is 1. The molecule has 0 radical (unpaired) electrons. The number of benzene rings is 1.